The van der Waals surface area contributed by atoms with Crippen LogP contribution < -0.4 is 15.5 Å². The minimum absolute atomic E-state index is 0.140. The van der Waals surface area contributed by atoms with Crippen molar-refractivity contribution in [3.8, 4) is 5.75 Å². The van der Waals surface area contributed by atoms with Crippen LogP contribution in [0.25, 0.3) is 0 Å². The van der Waals surface area contributed by atoms with Gasteiger partial charge in [0.15, 0.2) is 8.46 Å². The van der Waals surface area contributed by atoms with Crippen LogP contribution >= 0.6 is 8.46 Å². The molecule has 1 aromatic rings. The van der Waals surface area contributed by atoms with Crippen LogP contribution in [0.1, 0.15) is 0 Å². The lowest BCUT2D eigenvalue weighted by Crippen LogP contribution is -2.39. The summed E-state index contributed by atoms with van der Waals surface area (Å²) < 4.78 is 15.5. The van der Waals surface area contributed by atoms with Gasteiger partial charge in [0, 0.05) is 10.8 Å². The van der Waals surface area contributed by atoms with Crippen LogP contribution in [0.3, 0.4) is 0 Å². The van der Waals surface area contributed by atoms with Crippen LogP contribution in [-0.4, -0.2) is 24.3 Å². The molecule has 0 bridgehead atoms. The van der Waals surface area contributed by atoms with Gasteiger partial charge in [-0.25, -0.2) is 0 Å². The molecule has 68 valence electrons. The predicted molar refractivity (Wildman–Crippen MR) is 50.1 cm³/mol. The fourth-order valence-corrected chi connectivity index (χ4v) is 1.52. The SMILES string of the molecule is COc1cccc(P=O)c1B(O)O. The third-order valence-electron chi connectivity index (χ3n) is 1.62. The molecule has 0 unspecified atom stereocenters. The van der Waals surface area contributed by atoms with Gasteiger partial charge >= 0.3 is 7.12 Å². The molecule has 2 N–H and O–H groups in total. The Hall–Kier alpha value is -0.895. The second-order valence-corrected chi connectivity index (χ2v) is 3.02. The first-order chi connectivity index (χ1) is 6.20. The highest BCUT2D eigenvalue weighted by molar-refractivity contribution is 7.35. The van der Waals surface area contributed by atoms with Crippen molar-refractivity contribution in [2.75, 3.05) is 7.11 Å². The Morgan fingerprint density at radius 2 is 2.15 bits per heavy atom. The molecule has 6 heteroatoms. The maximum absolute atomic E-state index is 10.6. The molecule has 0 saturated heterocycles. The van der Waals surface area contributed by atoms with E-state index in [2.05, 4.69) is 0 Å². The van der Waals surface area contributed by atoms with Crippen LogP contribution in [0.15, 0.2) is 18.2 Å². The van der Waals surface area contributed by atoms with Crippen LogP contribution in [0.4, 0.5) is 0 Å². The standard InChI is InChI=1S/C7H8BO4P/c1-12-5-3-2-4-6(13-11)7(5)8(9)10/h2-4,9-10H,1H3. The second kappa shape index (κ2) is 4.37. The molecular weight excluding hydrogens is 190 g/mol. The Bertz CT molecular complexity index is 315. The summed E-state index contributed by atoms with van der Waals surface area (Å²) in [5.41, 5.74) is 0.140. The molecule has 0 spiro atoms. The van der Waals surface area contributed by atoms with Crippen LogP contribution in [0, 0.1) is 0 Å². The molecule has 0 aliphatic rings. The smallest absolute Gasteiger partial charge is 0.493 e. The first-order valence-electron chi connectivity index (χ1n) is 3.57. The van der Waals surface area contributed by atoms with Gasteiger partial charge in [-0.05, 0) is 12.1 Å². The minimum atomic E-state index is -1.67. The normalized spacial score (nSPS) is 10.1. The molecule has 0 fully saturated rings. The van der Waals surface area contributed by atoms with Crippen molar-refractivity contribution in [1.82, 2.24) is 0 Å². The molecule has 13 heavy (non-hydrogen) atoms. The average Bonchev–Trinajstić information content (AvgIpc) is 2.16. The van der Waals surface area contributed by atoms with Gasteiger partial charge in [0.25, 0.3) is 0 Å². The molecule has 0 aliphatic carbocycles. The molecule has 0 saturated carbocycles. The van der Waals surface area contributed by atoms with E-state index in [-0.39, 0.29) is 13.9 Å². The molecule has 0 atom stereocenters. The molecule has 0 amide bonds. The van der Waals surface area contributed by atoms with Gasteiger partial charge in [0.2, 0.25) is 0 Å². The van der Waals surface area contributed by atoms with Crippen molar-refractivity contribution >= 4 is 26.3 Å². The quantitative estimate of drug-likeness (QED) is 0.497. The first kappa shape index (κ1) is 10.2. The summed E-state index contributed by atoms with van der Waals surface area (Å²) in [6.07, 6.45) is 0. The summed E-state index contributed by atoms with van der Waals surface area (Å²) in [6.45, 7) is 0. The highest BCUT2D eigenvalue weighted by atomic mass is 31.1. The van der Waals surface area contributed by atoms with Crippen molar-refractivity contribution in [1.29, 1.82) is 0 Å². The monoisotopic (exact) mass is 198 g/mol. The predicted octanol–water partition coefficient (Wildman–Crippen LogP) is -0.708. The summed E-state index contributed by atoms with van der Waals surface area (Å²) in [5, 5.41) is 18.3. The molecule has 1 aromatic carbocycles. The lowest BCUT2D eigenvalue weighted by molar-refractivity contribution is 0.403. The number of rotatable bonds is 3. The van der Waals surface area contributed by atoms with Crippen molar-refractivity contribution in [3.63, 3.8) is 0 Å². The topological polar surface area (TPSA) is 66.8 Å². The van der Waals surface area contributed by atoms with E-state index in [1.54, 1.807) is 12.1 Å². The maximum atomic E-state index is 10.6. The van der Waals surface area contributed by atoms with Crippen molar-refractivity contribution < 1.29 is 19.3 Å². The molecule has 4 nitrogen and oxygen atoms in total. The number of hydrogen-bond donors (Lipinski definition) is 2. The zero-order chi connectivity index (χ0) is 9.84. The fraction of sp³-hybridized carbons (Fsp3) is 0.143. The average molecular weight is 198 g/mol. The third-order valence-corrected chi connectivity index (χ3v) is 2.21. The fourth-order valence-electron chi connectivity index (χ4n) is 1.05. The van der Waals surface area contributed by atoms with Crippen LogP contribution in [-0.2, 0) is 4.57 Å². The van der Waals surface area contributed by atoms with E-state index in [1.165, 1.54) is 13.2 Å². The summed E-state index contributed by atoms with van der Waals surface area (Å²) in [5.74, 6) is 0.316. The van der Waals surface area contributed by atoms with E-state index >= 15 is 0 Å². The van der Waals surface area contributed by atoms with E-state index in [0.717, 1.165) is 0 Å². The molecular formula is C7H8BO4P. The largest absolute Gasteiger partial charge is 0.497 e. The van der Waals surface area contributed by atoms with E-state index in [4.69, 9.17) is 14.8 Å². The Labute approximate surface area is 77.5 Å². The minimum Gasteiger partial charge on any atom is -0.497 e. The van der Waals surface area contributed by atoms with Gasteiger partial charge in [-0.2, -0.15) is 0 Å². The molecule has 0 radical (unpaired) electrons. The number of hydrogen-bond acceptors (Lipinski definition) is 4. The van der Waals surface area contributed by atoms with Gasteiger partial charge < -0.3 is 14.8 Å². The van der Waals surface area contributed by atoms with E-state index in [0.29, 0.717) is 11.1 Å². The number of ether oxygens (including phenoxy) is 1. The molecule has 0 heterocycles. The number of benzene rings is 1. The molecule has 1 rings (SSSR count). The van der Waals surface area contributed by atoms with Crippen LogP contribution in [0.5, 0.6) is 5.75 Å². The third kappa shape index (κ3) is 2.07. The number of methoxy groups -OCH3 is 1. The van der Waals surface area contributed by atoms with Crippen molar-refractivity contribution in [2.24, 2.45) is 0 Å². The first-order valence-corrected chi connectivity index (χ1v) is 4.38. The van der Waals surface area contributed by atoms with Crippen LogP contribution in [0.2, 0.25) is 0 Å². The van der Waals surface area contributed by atoms with E-state index in [9.17, 15) is 4.57 Å². The van der Waals surface area contributed by atoms with Gasteiger partial charge in [-0.15, -0.1) is 0 Å². The van der Waals surface area contributed by atoms with Gasteiger partial charge in [-0.1, -0.05) is 6.07 Å². The maximum Gasteiger partial charge on any atom is 0.493 e. The second-order valence-electron chi connectivity index (χ2n) is 2.36. The summed E-state index contributed by atoms with van der Waals surface area (Å²) in [4.78, 5) is 0. The van der Waals surface area contributed by atoms with Gasteiger partial charge in [0.05, 0.1) is 7.11 Å². The zero-order valence-corrected chi connectivity index (χ0v) is 7.86. The lowest BCUT2D eigenvalue weighted by Gasteiger charge is -2.08. The molecule has 0 aliphatic heterocycles. The highest BCUT2D eigenvalue weighted by Crippen LogP contribution is 2.07. The summed E-state index contributed by atoms with van der Waals surface area (Å²) >= 11 is 0. The Kier molecular flexibility index (Phi) is 3.43. The van der Waals surface area contributed by atoms with Crippen molar-refractivity contribution in [2.45, 2.75) is 0 Å². The highest BCUT2D eigenvalue weighted by Gasteiger charge is 2.21. The summed E-state index contributed by atoms with van der Waals surface area (Å²) in [7, 11) is -0.527. The zero-order valence-electron chi connectivity index (χ0n) is 6.97. The molecule has 0 aromatic heterocycles. The van der Waals surface area contributed by atoms with E-state index in [1.807, 2.05) is 0 Å². The van der Waals surface area contributed by atoms with Gasteiger partial charge in [0.1, 0.15) is 5.75 Å². The lowest BCUT2D eigenvalue weighted by atomic mass is 9.79. The summed E-state index contributed by atoms with van der Waals surface area (Å²) in [6, 6.07) is 4.74. The Balaban J connectivity index is 3.29. The van der Waals surface area contributed by atoms with E-state index < -0.39 is 7.12 Å². The Morgan fingerprint density at radius 3 is 2.62 bits per heavy atom. The Morgan fingerprint density at radius 1 is 1.46 bits per heavy atom. The van der Waals surface area contributed by atoms with Crippen molar-refractivity contribution in [3.05, 3.63) is 18.2 Å². The van der Waals surface area contributed by atoms with Gasteiger partial charge in [-0.3, -0.25) is 4.57 Å².